The minimum Gasteiger partial charge on any atom is -0.443 e. The number of ether oxygens (including phenoxy) is 1. The molecule has 7 heteroatoms. The summed E-state index contributed by atoms with van der Waals surface area (Å²) < 4.78 is 7.99. The lowest BCUT2D eigenvalue weighted by Crippen LogP contribution is -2.44. The topological polar surface area (TPSA) is 64.4 Å². The maximum absolute atomic E-state index is 12.6. The molecule has 3 rings (SSSR count). The van der Waals surface area contributed by atoms with E-state index in [1.807, 2.05) is 22.9 Å². The molecule has 24 heavy (non-hydrogen) atoms. The lowest BCUT2D eigenvalue weighted by molar-refractivity contribution is 0.0233. The van der Waals surface area contributed by atoms with Gasteiger partial charge in [-0.1, -0.05) is 0 Å². The zero-order valence-electron chi connectivity index (χ0n) is 13.7. The minimum atomic E-state index is -0.632. The van der Waals surface area contributed by atoms with Crippen LogP contribution in [0.5, 0.6) is 0 Å². The Hall–Kier alpha value is -2.15. The van der Waals surface area contributed by atoms with Crippen LogP contribution >= 0.6 is 15.9 Å². The number of imide groups is 1. The lowest BCUT2D eigenvalue weighted by atomic mass is 10.1. The molecule has 0 aromatic carbocycles. The molecule has 1 aliphatic heterocycles. The number of carbonyl (C=O) groups is 2. The van der Waals surface area contributed by atoms with E-state index < -0.39 is 11.7 Å². The second kappa shape index (κ2) is 6.05. The molecule has 0 saturated heterocycles. The van der Waals surface area contributed by atoms with Crippen LogP contribution in [0, 0.1) is 0 Å². The van der Waals surface area contributed by atoms with E-state index in [9.17, 15) is 9.59 Å². The van der Waals surface area contributed by atoms with Crippen LogP contribution in [0.1, 0.15) is 36.8 Å². The van der Waals surface area contributed by atoms with E-state index in [-0.39, 0.29) is 5.91 Å². The van der Waals surface area contributed by atoms with Crippen molar-refractivity contribution in [3.8, 4) is 5.69 Å². The number of aromatic nitrogens is 2. The molecular formula is C17H18BrN3O3. The number of rotatable bonds is 1. The predicted molar refractivity (Wildman–Crippen MR) is 92.2 cm³/mol. The maximum atomic E-state index is 12.6. The van der Waals surface area contributed by atoms with Crippen LogP contribution in [0.25, 0.3) is 5.69 Å². The number of hydrogen-bond donors (Lipinski definition) is 0. The van der Waals surface area contributed by atoms with Crippen LogP contribution in [0.4, 0.5) is 4.79 Å². The second-order valence-electron chi connectivity index (χ2n) is 6.57. The highest BCUT2D eigenvalue weighted by Gasteiger charge is 2.34. The highest BCUT2D eigenvalue weighted by Crippen LogP contribution is 2.25. The van der Waals surface area contributed by atoms with Crippen molar-refractivity contribution < 1.29 is 14.3 Å². The van der Waals surface area contributed by atoms with E-state index in [0.29, 0.717) is 18.5 Å². The van der Waals surface area contributed by atoms with Gasteiger partial charge in [-0.2, -0.15) is 0 Å². The fourth-order valence-electron chi connectivity index (χ4n) is 2.65. The highest BCUT2D eigenvalue weighted by atomic mass is 79.9. The van der Waals surface area contributed by atoms with Gasteiger partial charge in [-0.15, -0.1) is 0 Å². The van der Waals surface area contributed by atoms with Crippen molar-refractivity contribution in [1.82, 2.24) is 14.5 Å². The Kier molecular flexibility index (Phi) is 4.21. The number of fused-ring (bicyclic) bond motifs is 1. The molecule has 0 atom stereocenters. The SMILES string of the molecule is CC(C)(C)OC(=O)N1CCc2c(ccn2-c2ccnc(Br)c2)C1=O. The quantitative estimate of drug-likeness (QED) is 0.697. The Bertz CT molecular complexity index is 808. The molecule has 2 aromatic rings. The smallest absolute Gasteiger partial charge is 0.417 e. The summed E-state index contributed by atoms with van der Waals surface area (Å²) in [5.74, 6) is -0.322. The number of halogens is 1. The molecule has 2 amide bonds. The number of pyridine rings is 1. The van der Waals surface area contributed by atoms with E-state index in [2.05, 4.69) is 20.9 Å². The van der Waals surface area contributed by atoms with E-state index >= 15 is 0 Å². The van der Waals surface area contributed by atoms with Crippen molar-refractivity contribution >= 4 is 27.9 Å². The summed E-state index contributed by atoms with van der Waals surface area (Å²) in [5.41, 5.74) is 1.70. The van der Waals surface area contributed by atoms with Gasteiger partial charge in [0.25, 0.3) is 5.91 Å². The Morgan fingerprint density at radius 2 is 2.08 bits per heavy atom. The summed E-state index contributed by atoms with van der Waals surface area (Å²) in [4.78, 5) is 30.1. The molecular weight excluding hydrogens is 374 g/mol. The first-order valence-corrected chi connectivity index (χ1v) is 8.42. The van der Waals surface area contributed by atoms with Crippen molar-refractivity contribution in [2.75, 3.05) is 6.54 Å². The summed E-state index contributed by atoms with van der Waals surface area (Å²) in [6, 6.07) is 5.49. The molecule has 0 aliphatic carbocycles. The maximum Gasteiger partial charge on any atom is 0.417 e. The fourth-order valence-corrected chi connectivity index (χ4v) is 3.01. The summed E-state index contributed by atoms with van der Waals surface area (Å²) in [5, 5.41) is 0. The standard InChI is InChI=1S/C17H18BrN3O3/c1-17(2,3)24-16(23)21-9-6-13-12(15(21)22)5-8-20(13)11-4-7-19-14(18)10-11/h4-5,7-8,10H,6,9H2,1-3H3. The van der Waals surface area contributed by atoms with E-state index in [1.54, 1.807) is 33.0 Å². The van der Waals surface area contributed by atoms with Crippen LogP contribution < -0.4 is 0 Å². The molecule has 0 bridgehead atoms. The van der Waals surface area contributed by atoms with Crippen molar-refractivity contribution in [2.24, 2.45) is 0 Å². The summed E-state index contributed by atoms with van der Waals surface area (Å²) >= 11 is 3.35. The van der Waals surface area contributed by atoms with Crippen LogP contribution in [-0.2, 0) is 11.2 Å². The van der Waals surface area contributed by atoms with Crippen LogP contribution in [-0.4, -0.2) is 38.6 Å². The highest BCUT2D eigenvalue weighted by molar-refractivity contribution is 9.10. The van der Waals surface area contributed by atoms with Crippen LogP contribution in [0.3, 0.4) is 0 Å². The van der Waals surface area contributed by atoms with Crippen molar-refractivity contribution in [1.29, 1.82) is 0 Å². The average molecular weight is 392 g/mol. The second-order valence-corrected chi connectivity index (χ2v) is 7.38. The molecule has 0 spiro atoms. The largest absolute Gasteiger partial charge is 0.443 e. The van der Waals surface area contributed by atoms with E-state index in [4.69, 9.17) is 4.74 Å². The van der Waals surface area contributed by atoms with Crippen LogP contribution in [0.2, 0.25) is 0 Å². The molecule has 3 heterocycles. The molecule has 0 unspecified atom stereocenters. The molecule has 126 valence electrons. The monoisotopic (exact) mass is 391 g/mol. The predicted octanol–water partition coefficient (Wildman–Crippen LogP) is 3.57. The van der Waals surface area contributed by atoms with Gasteiger partial charge in [-0.3, -0.25) is 4.79 Å². The normalized spacial score (nSPS) is 14.5. The molecule has 0 radical (unpaired) electrons. The fraction of sp³-hybridized carbons (Fsp3) is 0.353. The van der Waals surface area contributed by atoms with Gasteiger partial charge < -0.3 is 9.30 Å². The molecule has 6 nitrogen and oxygen atoms in total. The molecule has 0 saturated carbocycles. The number of amides is 2. The molecule has 0 fully saturated rings. The van der Waals surface area contributed by atoms with Gasteiger partial charge in [0.05, 0.1) is 5.56 Å². The number of nitrogens with zero attached hydrogens (tertiary/aromatic N) is 3. The minimum absolute atomic E-state index is 0.303. The first-order chi connectivity index (χ1) is 11.3. The zero-order chi connectivity index (χ0) is 17.5. The van der Waals surface area contributed by atoms with Gasteiger partial charge in [0, 0.05) is 36.7 Å². The van der Waals surface area contributed by atoms with Crippen molar-refractivity contribution in [3.63, 3.8) is 0 Å². The van der Waals surface area contributed by atoms with Gasteiger partial charge in [0.2, 0.25) is 0 Å². The average Bonchev–Trinajstić information content (AvgIpc) is 2.90. The van der Waals surface area contributed by atoms with E-state index in [0.717, 1.165) is 16.0 Å². The lowest BCUT2D eigenvalue weighted by Gasteiger charge is -2.29. The van der Waals surface area contributed by atoms with Gasteiger partial charge in [-0.05, 0) is 54.9 Å². The third-order valence-corrected chi connectivity index (χ3v) is 4.08. The number of carbonyl (C=O) groups excluding carboxylic acids is 2. The first kappa shape index (κ1) is 16.7. The molecule has 0 N–H and O–H groups in total. The third-order valence-electron chi connectivity index (χ3n) is 3.64. The van der Waals surface area contributed by atoms with Gasteiger partial charge in [-0.25, -0.2) is 14.7 Å². The van der Waals surface area contributed by atoms with Gasteiger partial charge in [0.15, 0.2) is 0 Å². The van der Waals surface area contributed by atoms with Crippen molar-refractivity contribution in [3.05, 3.63) is 46.5 Å². The Labute approximate surface area is 148 Å². The Morgan fingerprint density at radius 3 is 2.75 bits per heavy atom. The third kappa shape index (κ3) is 3.21. The first-order valence-electron chi connectivity index (χ1n) is 7.63. The Morgan fingerprint density at radius 1 is 1.33 bits per heavy atom. The van der Waals surface area contributed by atoms with Crippen molar-refractivity contribution in [2.45, 2.75) is 32.8 Å². The Balaban J connectivity index is 1.89. The van der Waals surface area contributed by atoms with Crippen LogP contribution in [0.15, 0.2) is 35.2 Å². The van der Waals surface area contributed by atoms with Gasteiger partial charge in [0.1, 0.15) is 10.2 Å². The number of hydrogen-bond acceptors (Lipinski definition) is 4. The molecule has 2 aromatic heterocycles. The summed E-state index contributed by atoms with van der Waals surface area (Å²) in [7, 11) is 0. The molecule has 1 aliphatic rings. The summed E-state index contributed by atoms with van der Waals surface area (Å²) in [6.45, 7) is 5.64. The van der Waals surface area contributed by atoms with E-state index in [1.165, 1.54) is 4.90 Å². The summed E-state index contributed by atoms with van der Waals surface area (Å²) in [6.07, 6.45) is 3.51. The zero-order valence-corrected chi connectivity index (χ0v) is 15.3. The van der Waals surface area contributed by atoms with Gasteiger partial charge >= 0.3 is 6.09 Å².